The summed E-state index contributed by atoms with van der Waals surface area (Å²) in [7, 11) is 0. The third-order valence-electron chi connectivity index (χ3n) is 2.13. The lowest BCUT2D eigenvalue weighted by atomic mass is 10.2. The SMILES string of the molecule is O=C(O)COCc1nc2ccccc2c(=O)[nH]1. The summed E-state index contributed by atoms with van der Waals surface area (Å²) in [5.74, 6) is -0.747. The van der Waals surface area contributed by atoms with Crippen LogP contribution in [-0.2, 0) is 16.1 Å². The van der Waals surface area contributed by atoms with E-state index in [2.05, 4.69) is 9.97 Å². The van der Waals surface area contributed by atoms with Gasteiger partial charge in [-0.15, -0.1) is 0 Å². The number of benzene rings is 1. The number of carboxylic acids is 1. The van der Waals surface area contributed by atoms with Gasteiger partial charge in [-0.2, -0.15) is 0 Å². The van der Waals surface area contributed by atoms with Gasteiger partial charge < -0.3 is 14.8 Å². The summed E-state index contributed by atoms with van der Waals surface area (Å²) >= 11 is 0. The fourth-order valence-corrected chi connectivity index (χ4v) is 1.44. The van der Waals surface area contributed by atoms with Crippen molar-refractivity contribution in [3.63, 3.8) is 0 Å². The number of aliphatic carboxylic acids is 1. The van der Waals surface area contributed by atoms with Crippen LogP contribution in [0.3, 0.4) is 0 Å². The van der Waals surface area contributed by atoms with Crippen molar-refractivity contribution in [2.75, 3.05) is 6.61 Å². The summed E-state index contributed by atoms with van der Waals surface area (Å²) in [6.07, 6.45) is 0. The molecule has 6 heteroatoms. The molecule has 0 radical (unpaired) electrons. The maximum Gasteiger partial charge on any atom is 0.329 e. The van der Waals surface area contributed by atoms with Gasteiger partial charge in [0, 0.05) is 0 Å². The summed E-state index contributed by atoms with van der Waals surface area (Å²) in [5, 5.41) is 8.90. The quantitative estimate of drug-likeness (QED) is 0.804. The molecule has 0 bridgehead atoms. The van der Waals surface area contributed by atoms with E-state index < -0.39 is 12.6 Å². The van der Waals surface area contributed by atoms with Crippen molar-refractivity contribution in [3.05, 3.63) is 40.4 Å². The standard InChI is InChI=1S/C11H10N2O4/c14-10(15)6-17-5-9-12-8-4-2-1-3-7(8)11(16)13-9/h1-4H,5-6H2,(H,14,15)(H,12,13,16). The number of carbonyl (C=O) groups is 1. The van der Waals surface area contributed by atoms with Gasteiger partial charge in [-0.3, -0.25) is 4.79 Å². The zero-order chi connectivity index (χ0) is 12.3. The summed E-state index contributed by atoms with van der Waals surface area (Å²) in [6.45, 7) is -0.455. The van der Waals surface area contributed by atoms with Crippen LogP contribution in [0, 0.1) is 0 Å². The Morgan fingerprint density at radius 1 is 1.41 bits per heavy atom. The van der Waals surface area contributed by atoms with E-state index in [1.165, 1.54) is 0 Å². The Balaban J connectivity index is 2.25. The van der Waals surface area contributed by atoms with Crippen LogP contribution in [0.2, 0.25) is 0 Å². The molecule has 17 heavy (non-hydrogen) atoms. The molecule has 6 nitrogen and oxygen atoms in total. The van der Waals surface area contributed by atoms with Gasteiger partial charge in [0.25, 0.3) is 5.56 Å². The van der Waals surface area contributed by atoms with Crippen molar-refractivity contribution >= 4 is 16.9 Å². The summed E-state index contributed by atoms with van der Waals surface area (Å²) in [4.78, 5) is 28.6. The second-order valence-corrected chi connectivity index (χ2v) is 3.42. The van der Waals surface area contributed by atoms with Gasteiger partial charge in [0.1, 0.15) is 19.0 Å². The van der Waals surface area contributed by atoms with Crippen LogP contribution in [0.15, 0.2) is 29.1 Å². The fraction of sp³-hybridized carbons (Fsp3) is 0.182. The highest BCUT2D eigenvalue weighted by atomic mass is 16.5. The van der Waals surface area contributed by atoms with E-state index in [0.717, 1.165) is 0 Å². The lowest BCUT2D eigenvalue weighted by Crippen LogP contribution is -2.14. The first-order valence-corrected chi connectivity index (χ1v) is 4.94. The third-order valence-corrected chi connectivity index (χ3v) is 2.13. The molecule has 0 atom stereocenters. The maximum atomic E-state index is 11.6. The first-order chi connectivity index (χ1) is 8.16. The second-order valence-electron chi connectivity index (χ2n) is 3.42. The first kappa shape index (κ1) is 11.3. The number of rotatable bonds is 4. The summed E-state index contributed by atoms with van der Waals surface area (Å²) in [5.41, 5.74) is 0.301. The molecular weight excluding hydrogens is 224 g/mol. The highest BCUT2D eigenvalue weighted by Gasteiger charge is 2.04. The van der Waals surface area contributed by atoms with E-state index >= 15 is 0 Å². The summed E-state index contributed by atoms with van der Waals surface area (Å²) in [6, 6.07) is 6.91. The molecule has 1 aromatic carbocycles. The number of para-hydroxylation sites is 1. The average Bonchev–Trinajstić information content (AvgIpc) is 2.28. The van der Waals surface area contributed by atoms with Crippen LogP contribution in [0.1, 0.15) is 5.82 Å². The number of ether oxygens (including phenoxy) is 1. The van der Waals surface area contributed by atoms with Crippen LogP contribution in [-0.4, -0.2) is 27.7 Å². The van der Waals surface area contributed by atoms with Crippen LogP contribution >= 0.6 is 0 Å². The summed E-state index contributed by atoms with van der Waals surface area (Å²) < 4.78 is 4.85. The largest absolute Gasteiger partial charge is 0.480 e. The van der Waals surface area contributed by atoms with Crippen molar-refractivity contribution in [2.45, 2.75) is 6.61 Å². The molecule has 1 heterocycles. The predicted molar refractivity (Wildman–Crippen MR) is 59.7 cm³/mol. The molecule has 0 aliphatic rings. The van der Waals surface area contributed by atoms with E-state index in [1.54, 1.807) is 24.3 Å². The van der Waals surface area contributed by atoms with E-state index in [-0.39, 0.29) is 12.2 Å². The molecule has 0 amide bonds. The Bertz CT molecular complexity index is 606. The number of hydrogen-bond donors (Lipinski definition) is 2. The number of carboxylic acid groups (broad SMARTS) is 1. The highest BCUT2D eigenvalue weighted by Crippen LogP contribution is 2.05. The highest BCUT2D eigenvalue weighted by molar-refractivity contribution is 5.77. The van der Waals surface area contributed by atoms with Crippen molar-refractivity contribution in [2.24, 2.45) is 0 Å². The number of nitrogens with one attached hydrogen (secondary N) is 1. The molecule has 0 aliphatic heterocycles. The minimum Gasteiger partial charge on any atom is -0.480 e. The molecule has 2 N–H and O–H groups in total. The van der Waals surface area contributed by atoms with Crippen molar-refractivity contribution in [1.29, 1.82) is 0 Å². The molecule has 2 rings (SSSR count). The average molecular weight is 234 g/mol. The zero-order valence-electron chi connectivity index (χ0n) is 8.84. The number of nitrogens with zero attached hydrogens (tertiary/aromatic N) is 1. The smallest absolute Gasteiger partial charge is 0.329 e. The second kappa shape index (κ2) is 4.75. The molecule has 0 unspecified atom stereocenters. The Labute approximate surface area is 95.9 Å². The minimum absolute atomic E-state index is 0.0353. The molecule has 0 aliphatic carbocycles. The van der Waals surface area contributed by atoms with E-state index in [4.69, 9.17) is 9.84 Å². The van der Waals surface area contributed by atoms with Gasteiger partial charge in [-0.1, -0.05) is 12.1 Å². The topological polar surface area (TPSA) is 92.3 Å². The lowest BCUT2D eigenvalue weighted by Gasteiger charge is -2.02. The first-order valence-electron chi connectivity index (χ1n) is 4.94. The van der Waals surface area contributed by atoms with Gasteiger partial charge in [0.15, 0.2) is 0 Å². The Morgan fingerprint density at radius 3 is 2.94 bits per heavy atom. The van der Waals surface area contributed by atoms with Crippen molar-refractivity contribution in [1.82, 2.24) is 9.97 Å². The lowest BCUT2D eigenvalue weighted by molar-refractivity contribution is -0.142. The Morgan fingerprint density at radius 2 is 2.18 bits per heavy atom. The van der Waals surface area contributed by atoms with E-state index in [1.807, 2.05) is 0 Å². The number of fused-ring (bicyclic) bond motifs is 1. The molecule has 1 aromatic heterocycles. The predicted octanol–water partition coefficient (Wildman–Crippen LogP) is 0.524. The molecule has 0 spiro atoms. The number of aromatic nitrogens is 2. The molecule has 0 fully saturated rings. The molecule has 2 aromatic rings. The maximum absolute atomic E-state index is 11.6. The van der Waals surface area contributed by atoms with Gasteiger partial charge in [-0.25, -0.2) is 9.78 Å². The third kappa shape index (κ3) is 2.67. The number of H-pyrrole nitrogens is 1. The zero-order valence-corrected chi connectivity index (χ0v) is 8.84. The Kier molecular flexibility index (Phi) is 3.15. The minimum atomic E-state index is -1.06. The van der Waals surface area contributed by atoms with Gasteiger partial charge in [-0.05, 0) is 12.1 Å². The normalized spacial score (nSPS) is 10.6. The molecular formula is C11H10N2O4. The van der Waals surface area contributed by atoms with Crippen molar-refractivity contribution < 1.29 is 14.6 Å². The van der Waals surface area contributed by atoms with Crippen LogP contribution in [0.4, 0.5) is 0 Å². The van der Waals surface area contributed by atoms with Gasteiger partial charge in [0.05, 0.1) is 10.9 Å². The fourth-order valence-electron chi connectivity index (χ4n) is 1.44. The van der Waals surface area contributed by atoms with Crippen molar-refractivity contribution in [3.8, 4) is 0 Å². The van der Waals surface area contributed by atoms with Crippen LogP contribution in [0.25, 0.3) is 10.9 Å². The number of hydrogen-bond acceptors (Lipinski definition) is 4. The monoisotopic (exact) mass is 234 g/mol. The Hall–Kier alpha value is -2.21. The van der Waals surface area contributed by atoms with E-state index in [0.29, 0.717) is 16.7 Å². The molecule has 0 saturated heterocycles. The molecule has 0 saturated carbocycles. The molecule has 88 valence electrons. The van der Waals surface area contributed by atoms with Crippen LogP contribution < -0.4 is 5.56 Å². The van der Waals surface area contributed by atoms with Crippen LogP contribution in [0.5, 0.6) is 0 Å². The van der Waals surface area contributed by atoms with Gasteiger partial charge in [0.2, 0.25) is 0 Å². The number of aromatic amines is 1. The van der Waals surface area contributed by atoms with E-state index in [9.17, 15) is 9.59 Å². The van der Waals surface area contributed by atoms with Gasteiger partial charge >= 0.3 is 5.97 Å².